The van der Waals surface area contributed by atoms with Gasteiger partial charge in [0.2, 0.25) is 0 Å². The van der Waals surface area contributed by atoms with Gasteiger partial charge in [0.15, 0.2) is 0 Å². The highest BCUT2D eigenvalue weighted by atomic mass is 16.2. The van der Waals surface area contributed by atoms with Crippen molar-refractivity contribution in [2.45, 2.75) is 6.42 Å². The maximum Gasteiger partial charge on any atom is 0.253 e. The summed E-state index contributed by atoms with van der Waals surface area (Å²) in [7, 11) is 2.13. The van der Waals surface area contributed by atoms with Gasteiger partial charge in [-0.25, -0.2) is 0 Å². The predicted molar refractivity (Wildman–Crippen MR) is 124 cm³/mol. The Labute approximate surface area is 187 Å². The summed E-state index contributed by atoms with van der Waals surface area (Å²) in [5.74, 6) is 0.410. The molecule has 1 fully saturated rings. The third kappa shape index (κ3) is 4.38. The van der Waals surface area contributed by atoms with Gasteiger partial charge in [0.1, 0.15) is 12.7 Å². The van der Waals surface area contributed by atoms with Gasteiger partial charge in [-0.3, -0.25) is 14.3 Å². The number of carbonyl (C=O) groups is 1. The molecule has 1 aliphatic rings. The number of fused-ring (bicyclic) bond motifs is 1. The first-order valence-electron chi connectivity index (χ1n) is 10.9. The summed E-state index contributed by atoms with van der Waals surface area (Å²) >= 11 is 0. The second-order valence-corrected chi connectivity index (χ2v) is 8.54. The van der Waals surface area contributed by atoms with Crippen LogP contribution in [0.25, 0.3) is 16.6 Å². The lowest BCUT2D eigenvalue weighted by Gasteiger charge is -2.24. The lowest BCUT2D eigenvalue weighted by Crippen LogP contribution is -2.36. The fourth-order valence-corrected chi connectivity index (χ4v) is 4.48. The van der Waals surface area contributed by atoms with E-state index in [-0.39, 0.29) is 5.91 Å². The molecular weight excluding hydrogens is 400 g/mol. The van der Waals surface area contributed by atoms with E-state index in [1.165, 1.54) is 5.56 Å². The van der Waals surface area contributed by atoms with E-state index in [4.69, 9.17) is 0 Å². The molecule has 3 heterocycles. The summed E-state index contributed by atoms with van der Waals surface area (Å²) in [5.41, 5.74) is 3.79. The highest BCUT2D eigenvalue weighted by molar-refractivity contribution is 5.94. The number of aromatic nitrogens is 4. The monoisotopic (exact) mass is 426 g/mol. The molecule has 0 radical (unpaired) electrons. The number of benzene rings is 2. The SMILES string of the molecule is CN1CCN(C(=O)c2cccc(-n3cnnc3)c2)C[C@@H](Cc2cnc3ccccc3c2)C1. The Hall–Kier alpha value is -3.58. The molecule has 0 spiro atoms. The van der Waals surface area contributed by atoms with E-state index in [1.807, 2.05) is 58.1 Å². The molecule has 4 aromatic rings. The number of pyridine rings is 1. The van der Waals surface area contributed by atoms with Gasteiger partial charge in [-0.05, 0) is 55.3 Å². The first kappa shape index (κ1) is 20.3. The molecular formula is C25H26N6O. The van der Waals surface area contributed by atoms with E-state index in [1.54, 1.807) is 12.7 Å². The van der Waals surface area contributed by atoms with Gasteiger partial charge in [0, 0.05) is 49.0 Å². The van der Waals surface area contributed by atoms with Crippen LogP contribution in [0.4, 0.5) is 0 Å². The normalized spacial score (nSPS) is 17.4. The molecule has 0 N–H and O–H groups in total. The molecule has 1 saturated heterocycles. The molecule has 7 heteroatoms. The Kier molecular flexibility index (Phi) is 5.64. The van der Waals surface area contributed by atoms with Gasteiger partial charge < -0.3 is 9.80 Å². The van der Waals surface area contributed by atoms with E-state index in [0.717, 1.165) is 49.2 Å². The third-order valence-corrected chi connectivity index (χ3v) is 6.07. The molecule has 162 valence electrons. The van der Waals surface area contributed by atoms with Gasteiger partial charge >= 0.3 is 0 Å². The number of hydrogen-bond donors (Lipinski definition) is 0. The molecule has 2 aromatic heterocycles. The first-order valence-corrected chi connectivity index (χ1v) is 10.9. The lowest BCUT2D eigenvalue weighted by atomic mass is 9.98. The van der Waals surface area contributed by atoms with Crippen LogP contribution in [-0.4, -0.2) is 68.7 Å². The van der Waals surface area contributed by atoms with Gasteiger partial charge in [-0.2, -0.15) is 0 Å². The minimum atomic E-state index is 0.0665. The number of amides is 1. The fraction of sp³-hybridized carbons (Fsp3) is 0.280. The van der Waals surface area contributed by atoms with Crippen molar-refractivity contribution in [2.75, 3.05) is 33.2 Å². The molecule has 7 nitrogen and oxygen atoms in total. The van der Waals surface area contributed by atoms with Crippen molar-refractivity contribution in [3.05, 3.63) is 84.6 Å². The maximum absolute atomic E-state index is 13.4. The summed E-state index contributed by atoms with van der Waals surface area (Å²) in [4.78, 5) is 22.3. The Balaban J connectivity index is 1.35. The van der Waals surface area contributed by atoms with Crippen LogP contribution in [0.3, 0.4) is 0 Å². The van der Waals surface area contributed by atoms with Gasteiger partial charge in [-0.15, -0.1) is 10.2 Å². The van der Waals surface area contributed by atoms with Crippen LogP contribution in [0.1, 0.15) is 15.9 Å². The van der Waals surface area contributed by atoms with E-state index in [0.29, 0.717) is 11.5 Å². The van der Waals surface area contributed by atoms with Gasteiger partial charge in [0.05, 0.1) is 5.52 Å². The Morgan fingerprint density at radius 1 is 1.00 bits per heavy atom. The Morgan fingerprint density at radius 3 is 2.72 bits per heavy atom. The highest BCUT2D eigenvalue weighted by Crippen LogP contribution is 2.20. The van der Waals surface area contributed by atoms with E-state index in [2.05, 4.69) is 39.3 Å². The minimum Gasteiger partial charge on any atom is -0.337 e. The number of nitrogens with zero attached hydrogens (tertiary/aromatic N) is 6. The molecule has 0 saturated carbocycles. The highest BCUT2D eigenvalue weighted by Gasteiger charge is 2.25. The summed E-state index contributed by atoms with van der Waals surface area (Å²) in [6, 6.07) is 18.1. The average molecular weight is 427 g/mol. The number of hydrogen-bond acceptors (Lipinski definition) is 5. The maximum atomic E-state index is 13.4. The molecule has 0 unspecified atom stereocenters. The van der Waals surface area contributed by atoms with Crippen molar-refractivity contribution in [1.82, 2.24) is 29.5 Å². The van der Waals surface area contributed by atoms with Crippen LogP contribution in [0.5, 0.6) is 0 Å². The molecule has 1 amide bonds. The van der Waals surface area contributed by atoms with Crippen LogP contribution < -0.4 is 0 Å². The third-order valence-electron chi connectivity index (χ3n) is 6.07. The topological polar surface area (TPSA) is 67.2 Å². The number of para-hydroxylation sites is 1. The van der Waals surface area contributed by atoms with Crippen molar-refractivity contribution in [3.63, 3.8) is 0 Å². The number of rotatable bonds is 4. The van der Waals surface area contributed by atoms with Crippen molar-refractivity contribution in [1.29, 1.82) is 0 Å². The fourth-order valence-electron chi connectivity index (χ4n) is 4.48. The molecule has 5 rings (SSSR count). The van der Waals surface area contributed by atoms with Crippen LogP contribution in [0, 0.1) is 5.92 Å². The molecule has 0 aliphatic carbocycles. The zero-order valence-corrected chi connectivity index (χ0v) is 18.1. The average Bonchev–Trinajstić information content (AvgIpc) is 3.30. The second kappa shape index (κ2) is 8.88. The number of carbonyl (C=O) groups excluding carboxylic acids is 1. The van der Waals surface area contributed by atoms with E-state index in [9.17, 15) is 4.79 Å². The molecule has 2 aromatic carbocycles. The predicted octanol–water partition coefficient (Wildman–Crippen LogP) is 3.06. The van der Waals surface area contributed by atoms with E-state index >= 15 is 0 Å². The van der Waals surface area contributed by atoms with E-state index < -0.39 is 0 Å². The van der Waals surface area contributed by atoms with Crippen molar-refractivity contribution >= 4 is 16.8 Å². The van der Waals surface area contributed by atoms with Gasteiger partial charge in [-0.1, -0.05) is 24.3 Å². The quantitative estimate of drug-likeness (QED) is 0.502. The van der Waals surface area contributed by atoms with Crippen molar-refractivity contribution < 1.29 is 4.79 Å². The molecule has 0 bridgehead atoms. The van der Waals surface area contributed by atoms with Gasteiger partial charge in [0.25, 0.3) is 5.91 Å². The Morgan fingerprint density at radius 2 is 1.84 bits per heavy atom. The minimum absolute atomic E-state index is 0.0665. The summed E-state index contributed by atoms with van der Waals surface area (Å²) in [5, 5.41) is 8.88. The lowest BCUT2D eigenvalue weighted by molar-refractivity contribution is 0.0746. The molecule has 32 heavy (non-hydrogen) atoms. The zero-order chi connectivity index (χ0) is 21.9. The summed E-state index contributed by atoms with van der Waals surface area (Å²) in [6.45, 7) is 3.27. The van der Waals surface area contributed by atoms with Crippen LogP contribution in [0.2, 0.25) is 0 Å². The van der Waals surface area contributed by atoms with Crippen LogP contribution in [0.15, 0.2) is 73.4 Å². The second-order valence-electron chi connectivity index (χ2n) is 8.54. The molecule has 1 atom stereocenters. The van der Waals surface area contributed by atoms with Crippen LogP contribution in [-0.2, 0) is 6.42 Å². The Bertz CT molecular complexity index is 1220. The smallest absolute Gasteiger partial charge is 0.253 e. The summed E-state index contributed by atoms with van der Waals surface area (Å²) in [6.07, 6.45) is 6.14. The van der Waals surface area contributed by atoms with Crippen LogP contribution >= 0.6 is 0 Å². The standard InChI is InChI=1S/C25H26N6O/c1-29-9-10-30(25(32)22-6-4-7-23(13-22)31-17-27-28-18-31)16-20(15-29)11-19-12-21-5-2-3-8-24(21)26-14-19/h2-8,12-14,17-18,20H,9-11,15-16H2,1H3/t20-/m0/s1. The summed E-state index contributed by atoms with van der Waals surface area (Å²) < 4.78 is 1.81. The molecule has 1 aliphatic heterocycles. The van der Waals surface area contributed by atoms with Crippen molar-refractivity contribution in [2.24, 2.45) is 5.92 Å². The largest absolute Gasteiger partial charge is 0.337 e. The zero-order valence-electron chi connectivity index (χ0n) is 18.1. The first-order chi connectivity index (χ1) is 15.7. The van der Waals surface area contributed by atoms with Crippen molar-refractivity contribution in [3.8, 4) is 5.69 Å². The number of likely N-dealkylation sites (N-methyl/N-ethyl adjacent to an activating group) is 1.